The summed E-state index contributed by atoms with van der Waals surface area (Å²) in [5, 5.41) is 18.3. The van der Waals surface area contributed by atoms with Crippen LogP contribution in [-0.4, -0.2) is 38.2 Å². The van der Waals surface area contributed by atoms with Crippen molar-refractivity contribution < 1.29 is 10.2 Å². The van der Waals surface area contributed by atoms with Gasteiger partial charge in [0.15, 0.2) is 0 Å². The number of aliphatic hydroxyl groups excluding tert-OH is 2. The minimum atomic E-state index is -0.435. The fraction of sp³-hybridized carbons (Fsp3) is 0.667. The molecule has 19 heavy (non-hydrogen) atoms. The van der Waals surface area contributed by atoms with Crippen LogP contribution >= 0.6 is 11.8 Å². The molecular weight excluding hydrogens is 268 g/mol. The van der Waals surface area contributed by atoms with E-state index in [1.165, 1.54) is 16.3 Å². The molecule has 1 aromatic heterocycles. The first-order chi connectivity index (χ1) is 9.10. The Balaban J connectivity index is 2.33. The molecule has 106 valence electrons. The van der Waals surface area contributed by atoms with Crippen LogP contribution < -0.4 is 11.2 Å². The van der Waals surface area contributed by atoms with Crippen molar-refractivity contribution in [3.8, 4) is 0 Å². The number of thioether (sulfide) groups is 1. The van der Waals surface area contributed by atoms with Gasteiger partial charge in [0.2, 0.25) is 0 Å². The van der Waals surface area contributed by atoms with E-state index in [-0.39, 0.29) is 35.3 Å². The van der Waals surface area contributed by atoms with Gasteiger partial charge in [0.1, 0.15) is 0 Å². The van der Waals surface area contributed by atoms with Gasteiger partial charge < -0.3 is 10.2 Å². The van der Waals surface area contributed by atoms with Crippen molar-refractivity contribution in [3.63, 3.8) is 0 Å². The van der Waals surface area contributed by atoms with Crippen molar-refractivity contribution in [1.29, 1.82) is 0 Å². The van der Waals surface area contributed by atoms with Crippen LogP contribution in [0.2, 0.25) is 0 Å². The van der Waals surface area contributed by atoms with Crippen molar-refractivity contribution >= 4 is 11.8 Å². The van der Waals surface area contributed by atoms with Gasteiger partial charge in [-0.05, 0) is 18.8 Å². The van der Waals surface area contributed by atoms with Gasteiger partial charge >= 0.3 is 5.69 Å². The molecule has 0 spiro atoms. The number of hydrogen-bond acceptors (Lipinski definition) is 5. The number of rotatable bonds is 4. The maximum atomic E-state index is 11.9. The van der Waals surface area contributed by atoms with Gasteiger partial charge in [-0.3, -0.25) is 14.3 Å². The van der Waals surface area contributed by atoms with Gasteiger partial charge in [0.05, 0.1) is 12.0 Å². The molecule has 7 heteroatoms. The zero-order chi connectivity index (χ0) is 14.0. The van der Waals surface area contributed by atoms with Crippen LogP contribution in [0.5, 0.6) is 0 Å². The molecule has 1 fully saturated rings. The zero-order valence-electron chi connectivity index (χ0n) is 10.7. The topological polar surface area (TPSA) is 95.3 Å². The highest BCUT2D eigenvalue weighted by Gasteiger charge is 2.35. The van der Waals surface area contributed by atoms with E-state index in [9.17, 15) is 19.8 Å². The molecule has 3 N–H and O–H groups in total. The lowest BCUT2D eigenvalue weighted by molar-refractivity contribution is 0.187. The highest BCUT2D eigenvalue weighted by Crippen LogP contribution is 2.44. The van der Waals surface area contributed by atoms with E-state index < -0.39 is 5.69 Å². The monoisotopic (exact) mass is 286 g/mol. The first-order valence-corrected chi connectivity index (χ1v) is 7.26. The Hall–Kier alpha value is -1.05. The highest BCUT2D eigenvalue weighted by molar-refractivity contribution is 8.00. The molecule has 1 aliphatic heterocycles. The Bertz CT molecular complexity index is 541. The predicted molar refractivity (Wildman–Crippen MR) is 73.4 cm³/mol. The van der Waals surface area contributed by atoms with E-state index in [4.69, 9.17) is 0 Å². The van der Waals surface area contributed by atoms with E-state index in [1.54, 1.807) is 6.20 Å². The van der Waals surface area contributed by atoms with Gasteiger partial charge in [0, 0.05) is 23.6 Å². The van der Waals surface area contributed by atoms with Crippen LogP contribution in [0.15, 0.2) is 15.8 Å². The highest BCUT2D eigenvalue weighted by atomic mass is 32.2. The van der Waals surface area contributed by atoms with Gasteiger partial charge in [-0.25, -0.2) is 4.79 Å². The molecule has 0 bridgehead atoms. The number of aromatic amines is 1. The summed E-state index contributed by atoms with van der Waals surface area (Å²) in [6.45, 7) is 1.83. The zero-order valence-corrected chi connectivity index (χ0v) is 11.5. The number of H-pyrrole nitrogens is 1. The Morgan fingerprint density at radius 3 is 2.68 bits per heavy atom. The Morgan fingerprint density at radius 1 is 1.42 bits per heavy atom. The van der Waals surface area contributed by atoms with Gasteiger partial charge in [0.25, 0.3) is 5.56 Å². The SMILES string of the molecule is CCc1cn([C@@H]2C[C@H](CO)[C@@H](CO)S2)c(=O)[nH]c1=O. The molecule has 1 aromatic rings. The predicted octanol–water partition coefficient (Wildman–Crippen LogP) is -0.296. The summed E-state index contributed by atoms with van der Waals surface area (Å²) < 4.78 is 1.50. The second-order valence-electron chi connectivity index (χ2n) is 4.66. The van der Waals surface area contributed by atoms with Crippen LogP contribution in [0.25, 0.3) is 0 Å². The molecule has 0 amide bonds. The van der Waals surface area contributed by atoms with Crippen LogP contribution in [0.4, 0.5) is 0 Å². The van der Waals surface area contributed by atoms with E-state index in [2.05, 4.69) is 4.98 Å². The molecule has 1 aliphatic rings. The molecule has 2 rings (SSSR count). The standard InChI is InChI=1S/C12H18N2O4S/c1-2-7-4-14(12(18)13-11(7)17)10-3-8(5-15)9(6-16)19-10/h4,8-10,15-16H,2-3,5-6H2,1H3,(H,13,17,18)/t8-,9-,10+/m1/s1. The molecule has 0 unspecified atom stereocenters. The van der Waals surface area contributed by atoms with E-state index in [0.717, 1.165) is 0 Å². The third-order valence-electron chi connectivity index (χ3n) is 3.51. The number of nitrogens with zero attached hydrogens (tertiary/aromatic N) is 1. The molecule has 0 radical (unpaired) electrons. The van der Waals surface area contributed by atoms with E-state index in [0.29, 0.717) is 18.4 Å². The van der Waals surface area contributed by atoms with Crippen molar-refractivity contribution in [2.75, 3.05) is 13.2 Å². The second kappa shape index (κ2) is 5.94. The summed E-state index contributed by atoms with van der Waals surface area (Å²) in [6.07, 6.45) is 2.76. The number of hydrogen-bond donors (Lipinski definition) is 3. The van der Waals surface area contributed by atoms with Crippen molar-refractivity contribution in [3.05, 3.63) is 32.6 Å². The summed E-state index contributed by atoms with van der Waals surface area (Å²) >= 11 is 1.47. The Kier molecular flexibility index (Phi) is 4.49. The minimum absolute atomic E-state index is 0.00648. The summed E-state index contributed by atoms with van der Waals surface area (Å²) in [6, 6.07) is 0. The largest absolute Gasteiger partial charge is 0.396 e. The maximum absolute atomic E-state index is 11.9. The molecular formula is C12H18N2O4S. The first-order valence-electron chi connectivity index (χ1n) is 6.32. The number of nitrogens with one attached hydrogen (secondary N) is 1. The quantitative estimate of drug-likeness (QED) is 0.706. The third kappa shape index (κ3) is 2.77. The molecule has 0 saturated carbocycles. The van der Waals surface area contributed by atoms with Gasteiger partial charge in [-0.2, -0.15) is 0 Å². The van der Waals surface area contributed by atoms with Gasteiger partial charge in [-0.1, -0.05) is 6.92 Å². The minimum Gasteiger partial charge on any atom is -0.396 e. The summed E-state index contributed by atoms with van der Waals surface area (Å²) in [5.41, 5.74) is -0.215. The summed E-state index contributed by atoms with van der Waals surface area (Å²) in [4.78, 5) is 25.7. The molecule has 0 aromatic carbocycles. The lowest BCUT2D eigenvalue weighted by atomic mass is 10.0. The number of aliphatic hydroxyl groups is 2. The first kappa shape index (κ1) is 14.4. The van der Waals surface area contributed by atoms with E-state index >= 15 is 0 Å². The fourth-order valence-electron chi connectivity index (χ4n) is 2.34. The van der Waals surface area contributed by atoms with Crippen LogP contribution in [0, 0.1) is 5.92 Å². The van der Waals surface area contributed by atoms with Crippen molar-refractivity contribution in [1.82, 2.24) is 9.55 Å². The lowest BCUT2D eigenvalue weighted by Gasteiger charge is -2.13. The van der Waals surface area contributed by atoms with Crippen LogP contribution in [0.1, 0.15) is 24.3 Å². The van der Waals surface area contributed by atoms with Gasteiger partial charge in [-0.15, -0.1) is 11.8 Å². The molecule has 1 saturated heterocycles. The number of aromatic nitrogens is 2. The second-order valence-corrected chi connectivity index (χ2v) is 6.09. The third-order valence-corrected chi connectivity index (χ3v) is 5.13. The average Bonchev–Trinajstić information content (AvgIpc) is 2.82. The molecule has 2 heterocycles. The van der Waals surface area contributed by atoms with Crippen molar-refractivity contribution in [2.45, 2.75) is 30.4 Å². The lowest BCUT2D eigenvalue weighted by Crippen LogP contribution is -2.32. The molecule has 0 aliphatic carbocycles. The Morgan fingerprint density at radius 2 is 2.16 bits per heavy atom. The van der Waals surface area contributed by atoms with Crippen LogP contribution in [-0.2, 0) is 6.42 Å². The fourth-order valence-corrected chi connectivity index (χ4v) is 3.89. The molecule has 6 nitrogen and oxygen atoms in total. The Labute approximate surface area is 114 Å². The van der Waals surface area contributed by atoms with E-state index in [1.807, 2.05) is 6.92 Å². The smallest absolute Gasteiger partial charge is 0.329 e. The molecule has 3 atom stereocenters. The van der Waals surface area contributed by atoms with Crippen molar-refractivity contribution in [2.24, 2.45) is 5.92 Å². The number of aryl methyl sites for hydroxylation is 1. The van der Waals surface area contributed by atoms with Crippen LogP contribution in [0.3, 0.4) is 0 Å². The summed E-state index contributed by atoms with van der Waals surface area (Å²) in [7, 11) is 0. The summed E-state index contributed by atoms with van der Waals surface area (Å²) in [5.74, 6) is -0.0242. The average molecular weight is 286 g/mol. The normalized spacial score (nSPS) is 26.8. The maximum Gasteiger partial charge on any atom is 0.329 e.